The molecule has 0 aromatic rings. The lowest BCUT2D eigenvalue weighted by atomic mass is 9.81. The SMILES string of the molecule is CCOC(=O)C(C)CN1CCC(O)C(C)(C)C1. The first-order chi connectivity index (χ1) is 7.86. The number of piperidine rings is 1. The van der Waals surface area contributed by atoms with Crippen LogP contribution < -0.4 is 0 Å². The zero-order chi connectivity index (χ0) is 13.1. The Bertz CT molecular complexity index is 265. The zero-order valence-corrected chi connectivity index (χ0v) is 11.4. The van der Waals surface area contributed by atoms with Crippen molar-refractivity contribution in [2.24, 2.45) is 11.3 Å². The van der Waals surface area contributed by atoms with Gasteiger partial charge in [0.15, 0.2) is 0 Å². The van der Waals surface area contributed by atoms with Gasteiger partial charge in [-0.05, 0) is 13.3 Å². The normalized spacial score (nSPS) is 26.5. The first-order valence-electron chi connectivity index (χ1n) is 6.44. The summed E-state index contributed by atoms with van der Waals surface area (Å²) in [6.45, 7) is 10.7. The van der Waals surface area contributed by atoms with E-state index < -0.39 is 0 Å². The van der Waals surface area contributed by atoms with Crippen molar-refractivity contribution in [1.29, 1.82) is 0 Å². The fourth-order valence-corrected chi connectivity index (χ4v) is 2.36. The molecule has 1 saturated heterocycles. The molecule has 2 unspecified atom stereocenters. The minimum atomic E-state index is -0.239. The van der Waals surface area contributed by atoms with Gasteiger partial charge >= 0.3 is 5.97 Å². The van der Waals surface area contributed by atoms with E-state index in [0.717, 1.165) is 26.1 Å². The van der Waals surface area contributed by atoms with Crippen LogP contribution in [0.4, 0.5) is 0 Å². The molecule has 4 nitrogen and oxygen atoms in total. The number of aliphatic hydroxyl groups is 1. The van der Waals surface area contributed by atoms with E-state index in [4.69, 9.17) is 4.74 Å². The maximum Gasteiger partial charge on any atom is 0.309 e. The van der Waals surface area contributed by atoms with Gasteiger partial charge in [0.25, 0.3) is 0 Å². The lowest BCUT2D eigenvalue weighted by molar-refractivity contribution is -0.148. The molecule has 100 valence electrons. The fraction of sp³-hybridized carbons (Fsp3) is 0.923. The van der Waals surface area contributed by atoms with Crippen molar-refractivity contribution in [2.45, 2.75) is 40.2 Å². The average molecular weight is 243 g/mol. The summed E-state index contributed by atoms with van der Waals surface area (Å²) in [5, 5.41) is 9.86. The van der Waals surface area contributed by atoms with E-state index in [1.165, 1.54) is 0 Å². The molecule has 1 aliphatic heterocycles. The summed E-state index contributed by atoms with van der Waals surface area (Å²) in [5.41, 5.74) is -0.0906. The highest BCUT2D eigenvalue weighted by molar-refractivity contribution is 5.72. The van der Waals surface area contributed by atoms with Gasteiger partial charge in [-0.15, -0.1) is 0 Å². The first kappa shape index (κ1) is 14.5. The number of carbonyl (C=O) groups is 1. The maximum absolute atomic E-state index is 11.5. The molecular weight excluding hydrogens is 218 g/mol. The predicted octanol–water partition coefficient (Wildman–Crippen LogP) is 1.28. The minimum Gasteiger partial charge on any atom is -0.466 e. The van der Waals surface area contributed by atoms with Crippen LogP contribution >= 0.6 is 0 Å². The highest BCUT2D eigenvalue weighted by Crippen LogP contribution is 2.29. The summed E-state index contributed by atoms with van der Waals surface area (Å²) in [4.78, 5) is 13.8. The molecule has 0 amide bonds. The van der Waals surface area contributed by atoms with Crippen molar-refractivity contribution in [3.63, 3.8) is 0 Å². The van der Waals surface area contributed by atoms with E-state index in [2.05, 4.69) is 18.7 Å². The van der Waals surface area contributed by atoms with Crippen LogP contribution in [0.15, 0.2) is 0 Å². The molecule has 1 rings (SSSR count). The van der Waals surface area contributed by atoms with Gasteiger partial charge in [0.1, 0.15) is 0 Å². The Kier molecular flexibility index (Phi) is 4.95. The molecular formula is C13H25NO3. The molecule has 1 N–H and O–H groups in total. The molecule has 17 heavy (non-hydrogen) atoms. The van der Waals surface area contributed by atoms with Gasteiger partial charge in [-0.3, -0.25) is 4.79 Å². The van der Waals surface area contributed by atoms with Gasteiger partial charge in [0, 0.05) is 25.0 Å². The Morgan fingerprint density at radius 2 is 2.24 bits per heavy atom. The van der Waals surface area contributed by atoms with Crippen molar-refractivity contribution in [1.82, 2.24) is 4.90 Å². The maximum atomic E-state index is 11.5. The monoisotopic (exact) mass is 243 g/mol. The molecule has 0 saturated carbocycles. The molecule has 1 aliphatic rings. The van der Waals surface area contributed by atoms with E-state index in [1.807, 2.05) is 13.8 Å². The molecule has 0 bridgehead atoms. The molecule has 1 fully saturated rings. The van der Waals surface area contributed by atoms with Crippen molar-refractivity contribution >= 4 is 5.97 Å². The Labute approximate surface area is 104 Å². The van der Waals surface area contributed by atoms with E-state index in [-0.39, 0.29) is 23.4 Å². The second-order valence-electron chi connectivity index (χ2n) is 5.68. The van der Waals surface area contributed by atoms with Gasteiger partial charge in [0.2, 0.25) is 0 Å². The zero-order valence-electron chi connectivity index (χ0n) is 11.4. The molecule has 2 atom stereocenters. The van der Waals surface area contributed by atoms with Gasteiger partial charge in [-0.1, -0.05) is 20.8 Å². The second kappa shape index (κ2) is 5.83. The second-order valence-corrected chi connectivity index (χ2v) is 5.68. The van der Waals surface area contributed by atoms with Crippen LogP contribution in [0.1, 0.15) is 34.1 Å². The number of carbonyl (C=O) groups excluding carboxylic acids is 1. The van der Waals surface area contributed by atoms with E-state index in [0.29, 0.717) is 6.61 Å². The van der Waals surface area contributed by atoms with Crippen LogP contribution in [-0.2, 0) is 9.53 Å². The highest BCUT2D eigenvalue weighted by atomic mass is 16.5. The Balaban J connectivity index is 2.45. The number of hydrogen-bond donors (Lipinski definition) is 1. The molecule has 0 spiro atoms. The smallest absolute Gasteiger partial charge is 0.309 e. The van der Waals surface area contributed by atoms with Crippen LogP contribution in [0.2, 0.25) is 0 Å². The molecule has 0 radical (unpaired) electrons. The first-order valence-corrected chi connectivity index (χ1v) is 6.44. The quantitative estimate of drug-likeness (QED) is 0.756. The van der Waals surface area contributed by atoms with E-state index in [9.17, 15) is 9.90 Å². The fourth-order valence-electron chi connectivity index (χ4n) is 2.36. The van der Waals surface area contributed by atoms with Crippen LogP contribution in [0.3, 0.4) is 0 Å². The number of nitrogens with zero attached hydrogens (tertiary/aromatic N) is 1. The van der Waals surface area contributed by atoms with E-state index in [1.54, 1.807) is 0 Å². The Morgan fingerprint density at radius 3 is 2.76 bits per heavy atom. The third kappa shape index (κ3) is 3.96. The molecule has 0 aromatic carbocycles. The summed E-state index contributed by atoms with van der Waals surface area (Å²) < 4.78 is 5.00. The number of ether oxygens (including phenoxy) is 1. The average Bonchev–Trinajstić information content (AvgIpc) is 2.23. The van der Waals surface area contributed by atoms with Crippen LogP contribution in [-0.4, -0.2) is 48.3 Å². The van der Waals surface area contributed by atoms with Crippen molar-refractivity contribution < 1.29 is 14.6 Å². The Hall–Kier alpha value is -0.610. The topological polar surface area (TPSA) is 49.8 Å². The van der Waals surface area contributed by atoms with Gasteiger partial charge in [0.05, 0.1) is 18.6 Å². The lowest BCUT2D eigenvalue weighted by Crippen LogP contribution is -2.50. The number of esters is 1. The third-order valence-corrected chi connectivity index (χ3v) is 3.47. The van der Waals surface area contributed by atoms with Crippen molar-refractivity contribution in [3.8, 4) is 0 Å². The molecule has 4 heteroatoms. The summed E-state index contributed by atoms with van der Waals surface area (Å²) in [5.74, 6) is -0.225. The van der Waals surface area contributed by atoms with Gasteiger partial charge in [-0.25, -0.2) is 0 Å². The lowest BCUT2D eigenvalue weighted by Gasteiger charge is -2.42. The Morgan fingerprint density at radius 1 is 1.59 bits per heavy atom. The van der Waals surface area contributed by atoms with Crippen LogP contribution in [0.25, 0.3) is 0 Å². The van der Waals surface area contributed by atoms with E-state index >= 15 is 0 Å². The minimum absolute atomic E-state index is 0.0906. The largest absolute Gasteiger partial charge is 0.466 e. The number of likely N-dealkylation sites (tertiary alicyclic amines) is 1. The summed E-state index contributed by atoms with van der Waals surface area (Å²) in [6, 6.07) is 0. The van der Waals surface area contributed by atoms with Crippen molar-refractivity contribution in [3.05, 3.63) is 0 Å². The third-order valence-electron chi connectivity index (χ3n) is 3.47. The highest BCUT2D eigenvalue weighted by Gasteiger charge is 2.35. The van der Waals surface area contributed by atoms with Crippen molar-refractivity contribution in [2.75, 3.05) is 26.2 Å². The van der Waals surface area contributed by atoms with Crippen LogP contribution in [0.5, 0.6) is 0 Å². The summed E-state index contributed by atoms with van der Waals surface area (Å²) in [7, 11) is 0. The number of hydrogen-bond acceptors (Lipinski definition) is 4. The van der Waals surface area contributed by atoms with Gasteiger partial charge in [-0.2, -0.15) is 0 Å². The van der Waals surface area contributed by atoms with Gasteiger partial charge < -0.3 is 14.7 Å². The standard InChI is InChI=1S/C13H25NO3/c1-5-17-12(16)10(2)8-14-7-6-11(15)13(3,4)9-14/h10-11,15H,5-9H2,1-4H3. The molecule has 0 aliphatic carbocycles. The molecule has 1 heterocycles. The number of aliphatic hydroxyl groups excluding tert-OH is 1. The van der Waals surface area contributed by atoms with Crippen LogP contribution in [0, 0.1) is 11.3 Å². The molecule has 0 aromatic heterocycles. The summed E-state index contributed by atoms with van der Waals surface area (Å²) >= 11 is 0. The number of rotatable bonds is 4. The summed E-state index contributed by atoms with van der Waals surface area (Å²) in [6.07, 6.45) is 0.541. The predicted molar refractivity (Wildman–Crippen MR) is 66.6 cm³/mol.